The summed E-state index contributed by atoms with van der Waals surface area (Å²) in [5.41, 5.74) is 10.3. The number of guanidine groups is 1. The third-order valence-electron chi connectivity index (χ3n) is 3.51. The highest BCUT2D eigenvalue weighted by Gasteiger charge is 2.32. The normalized spacial score (nSPS) is 12.6. The van der Waals surface area contributed by atoms with Crippen LogP contribution in [0.4, 0.5) is 0 Å². The van der Waals surface area contributed by atoms with Gasteiger partial charge in [-0.05, 0) is 29.8 Å². The standard InChI is InChI=1S/C17H19N3O8S2/c1-29(22,23)14-9-11(7-8-13(14)28-12-5-3-2-4-6-12)10-27-16(21)15(20-17(18)19)30(24,25)26/h2-9,15H,10H2,1H3,(H4,18,19,20)(H,24,25,26). The largest absolute Gasteiger partial charge is 0.458 e. The van der Waals surface area contributed by atoms with Crippen LogP contribution in [0.25, 0.3) is 0 Å². The van der Waals surface area contributed by atoms with Gasteiger partial charge < -0.3 is 20.9 Å². The Labute approximate surface area is 173 Å². The number of para-hydroxylation sites is 1. The minimum atomic E-state index is -4.97. The molecule has 30 heavy (non-hydrogen) atoms. The average Bonchev–Trinajstić information content (AvgIpc) is 2.64. The van der Waals surface area contributed by atoms with Crippen molar-refractivity contribution < 1.29 is 35.7 Å². The Balaban J connectivity index is 2.26. The second kappa shape index (κ2) is 9.11. The first-order valence-corrected chi connectivity index (χ1v) is 11.5. The van der Waals surface area contributed by atoms with E-state index in [9.17, 15) is 21.6 Å². The van der Waals surface area contributed by atoms with Crippen LogP contribution in [-0.4, -0.2) is 44.9 Å². The Kier molecular flexibility index (Phi) is 7.02. The van der Waals surface area contributed by atoms with Gasteiger partial charge in [0.2, 0.25) is 0 Å². The average molecular weight is 457 g/mol. The Hall–Kier alpha value is -3.16. The summed E-state index contributed by atoms with van der Waals surface area (Å²) < 4.78 is 66.3. The van der Waals surface area contributed by atoms with Crippen LogP contribution in [0.5, 0.6) is 11.5 Å². The summed E-state index contributed by atoms with van der Waals surface area (Å²) in [4.78, 5) is 14.9. The number of carbonyl (C=O) groups excluding carboxylic acids is 1. The monoisotopic (exact) mass is 457 g/mol. The van der Waals surface area contributed by atoms with E-state index in [-0.39, 0.29) is 16.2 Å². The fourth-order valence-electron chi connectivity index (χ4n) is 2.23. The van der Waals surface area contributed by atoms with Crippen LogP contribution in [0.2, 0.25) is 0 Å². The minimum Gasteiger partial charge on any atom is -0.458 e. The van der Waals surface area contributed by atoms with E-state index < -0.39 is 43.9 Å². The number of esters is 1. The highest BCUT2D eigenvalue weighted by molar-refractivity contribution is 7.90. The molecule has 1 atom stereocenters. The predicted molar refractivity (Wildman–Crippen MR) is 107 cm³/mol. The first-order valence-electron chi connectivity index (χ1n) is 8.15. The van der Waals surface area contributed by atoms with E-state index >= 15 is 0 Å². The van der Waals surface area contributed by atoms with Gasteiger partial charge in [0.1, 0.15) is 23.0 Å². The lowest BCUT2D eigenvalue weighted by molar-refractivity contribution is -0.144. The van der Waals surface area contributed by atoms with E-state index in [2.05, 4.69) is 4.99 Å². The molecule has 0 saturated carbocycles. The first-order chi connectivity index (χ1) is 13.9. The zero-order chi connectivity index (χ0) is 22.5. The quantitative estimate of drug-likeness (QED) is 0.217. The van der Waals surface area contributed by atoms with Gasteiger partial charge in [0, 0.05) is 6.26 Å². The smallest absolute Gasteiger partial charge is 0.349 e. The fraction of sp³-hybridized carbons (Fsp3) is 0.176. The first kappa shape index (κ1) is 23.1. The summed E-state index contributed by atoms with van der Waals surface area (Å²) in [6, 6.07) is 12.5. The summed E-state index contributed by atoms with van der Waals surface area (Å²) in [5.74, 6) is -1.74. The van der Waals surface area contributed by atoms with E-state index in [0.717, 1.165) is 6.26 Å². The molecule has 0 aromatic heterocycles. The Morgan fingerprint density at radius 1 is 1.10 bits per heavy atom. The van der Waals surface area contributed by atoms with Gasteiger partial charge in [0.25, 0.3) is 15.5 Å². The van der Waals surface area contributed by atoms with Crippen LogP contribution >= 0.6 is 0 Å². The van der Waals surface area contributed by atoms with Gasteiger partial charge in [-0.3, -0.25) is 4.55 Å². The minimum absolute atomic E-state index is 0.0510. The van der Waals surface area contributed by atoms with Crippen molar-refractivity contribution in [2.24, 2.45) is 16.5 Å². The number of hydrogen-bond acceptors (Lipinski definition) is 8. The number of carbonyl (C=O) groups is 1. The summed E-state index contributed by atoms with van der Waals surface area (Å²) in [5, 5.41) is -2.36. The Morgan fingerprint density at radius 2 is 1.73 bits per heavy atom. The lowest BCUT2D eigenvalue weighted by Crippen LogP contribution is -2.35. The van der Waals surface area contributed by atoms with E-state index in [1.54, 1.807) is 30.3 Å². The molecular weight excluding hydrogens is 438 g/mol. The molecule has 0 amide bonds. The number of nitrogens with two attached hydrogens (primary N) is 2. The zero-order valence-corrected chi connectivity index (χ0v) is 17.3. The molecule has 0 aliphatic rings. The van der Waals surface area contributed by atoms with Gasteiger partial charge in [-0.15, -0.1) is 0 Å². The van der Waals surface area contributed by atoms with E-state index in [1.807, 2.05) is 0 Å². The lowest BCUT2D eigenvalue weighted by Gasteiger charge is -2.13. The SMILES string of the molecule is CS(=O)(=O)c1cc(COC(=O)C(N=C(N)N)S(=O)(=O)O)ccc1Oc1ccccc1. The molecule has 0 fully saturated rings. The molecule has 11 nitrogen and oxygen atoms in total. The van der Waals surface area contributed by atoms with Crippen LogP contribution in [0, 0.1) is 0 Å². The zero-order valence-electron chi connectivity index (χ0n) is 15.6. The molecule has 0 radical (unpaired) electrons. The number of rotatable bonds is 8. The van der Waals surface area contributed by atoms with Gasteiger partial charge in [-0.2, -0.15) is 8.42 Å². The van der Waals surface area contributed by atoms with E-state index in [0.29, 0.717) is 5.75 Å². The maximum absolute atomic E-state index is 12.1. The highest BCUT2D eigenvalue weighted by Crippen LogP contribution is 2.30. The number of aliphatic imine (C=N–C) groups is 1. The van der Waals surface area contributed by atoms with Crippen molar-refractivity contribution in [3.05, 3.63) is 54.1 Å². The molecule has 2 rings (SSSR count). The van der Waals surface area contributed by atoms with Crippen molar-refractivity contribution in [2.45, 2.75) is 16.9 Å². The van der Waals surface area contributed by atoms with Gasteiger partial charge in [-0.1, -0.05) is 24.3 Å². The predicted octanol–water partition coefficient (Wildman–Crippen LogP) is 0.413. The summed E-state index contributed by atoms with van der Waals surface area (Å²) in [7, 11) is -8.70. The molecule has 1 unspecified atom stereocenters. The van der Waals surface area contributed by atoms with Gasteiger partial charge in [0.05, 0.1) is 0 Å². The van der Waals surface area contributed by atoms with Crippen LogP contribution in [-0.2, 0) is 36.1 Å². The Morgan fingerprint density at radius 3 is 2.27 bits per heavy atom. The van der Waals surface area contributed by atoms with Gasteiger partial charge in [-0.25, -0.2) is 18.2 Å². The molecule has 0 aliphatic heterocycles. The number of sulfone groups is 1. The fourth-order valence-corrected chi connectivity index (χ4v) is 3.64. The van der Waals surface area contributed by atoms with Crippen LogP contribution < -0.4 is 16.2 Å². The molecule has 2 aromatic rings. The van der Waals surface area contributed by atoms with Crippen molar-refractivity contribution in [3.8, 4) is 11.5 Å². The molecule has 0 bridgehead atoms. The molecule has 162 valence electrons. The third kappa shape index (κ3) is 6.43. The third-order valence-corrected chi connectivity index (χ3v) is 5.49. The molecule has 2 aromatic carbocycles. The van der Waals surface area contributed by atoms with Crippen molar-refractivity contribution >= 4 is 31.9 Å². The lowest BCUT2D eigenvalue weighted by atomic mass is 10.2. The number of benzene rings is 2. The number of hydrogen-bond donors (Lipinski definition) is 3. The maximum atomic E-state index is 12.1. The summed E-state index contributed by atoms with van der Waals surface area (Å²) in [6.07, 6.45) is 0.975. The molecule has 0 spiro atoms. The van der Waals surface area contributed by atoms with Crippen molar-refractivity contribution in [1.29, 1.82) is 0 Å². The second-order valence-electron chi connectivity index (χ2n) is 6.00. The molecule has 0 aliphatic carbocycles. The Bertz CT molecular complexity index is 1160. The van der Waals surface area contributed by atoms with Crippen LogP contribution in [0.3, 0.4) is 0 Å². The maximum Gasteiger partial charge on any atom is 0.349 e. The van der Waals surface area contributed by atoms with E-state index in [4.69, 9.17) is 25.5 Å². The molecular formula is C17H19N3O8S2. The van der Waals surface area contributed by atoms with Gasteiger partial charge >= 0.3 is 5.97 Å². The van der Waals surface area contributed by atoms with Crippen molar-refractivity contribution in [2.75, 3.05) is 6.26 Å². The van der Waals surface area contributed by atoms with E-state index in [1.165, 1.54) is 18.2 Å². The summed E-state index contributed by atoms with van der Waals surface area (Å²) >= 11 is 0. The molecule has 0 heterocycles. The second-order valence-corrected chi connectivity index (χ2v) is 9.46. The van der Waals surface area contributed by atoms with Crippen molar-refractivity contribution in [1.82, 2.24) is 0 Å². The topological polar surface area (TPSA) is 188 Å². The molecule has 5 N–H and O–H groups in total. The van der Waals surface area contributed by atoms with Crippen LogP contribution in [0.1, 0.15) is 5.56 Å². The highest BCUT2D eigenvalue weighted by atomic mass is 32.2. The van der Waals surface area contributed by atoms with Crippen LogP contribution in [0.15, 0.2) is 58.4 Å². The summed E-state index contributed by atoms with van der Waals surface area (Å²) in [6.45, 7) is -0.515. The number of ether oxygens (including phenoxy) is 2. The molecule has 13 heteroatoms. The van der Waals surface area contributed by atoms with Gasteiger partial charge in [0.15, 0.2) is 15.8 Å². The number of nitrogens with zero attached hydrogens (tertiary/aromatic N) is 1. The molecule has 0 saturated heterocycles. The van der Waals surface area contributed by atoms with Crippen molar-refractivity contribution in [3.63, 3.8) is 0 Å².